The Morgan fingerprint density at radius 2 is 2.42 bits per heavy atom. The number of carbonyl (C=O) groups excluding carboxylic acids is 1. The van der Waals surface area contributed by atoms with Gasteiger partial charge in [0, 0.05) is 5.38 Å². The van der Waals surface area contributed by atoms with Crippen molar-refractivity contribution in [2.24, 2.45) is 0 Å². The minimum absolute atomic E-state index is 0.240. The van der Waals surface area contributed by atoms with Gasteiger partial charge in [-0.3, -0.25) is 9.59 Å². The van der Waals surface area contributed by atoms with Gasteiger partial charge in [-0.2, -0.15) is 0 Å². The lowest BCUT2D eigenvalue weighted by Gasteiger charge is -1.89. The normalized spacial score (nSPS) is 10.3. The van der Waals surface area contributed by atoms with Crippen molar-refractivity contribution in [3.8, 4) is 10.6 Å². The second-order valence-electron chi connectivity index (χ2n) is 2.13. The average molecular weight is 200 g/mol. The highest BCUT2D eigenvalue weighted by molar-refractivity contribution is 7.70. The molecule has 2 heterocycles. The number of H-pyrrole nitrogens is 1. The van der Waals surface area contributed by atoms with Gasteiger partial charge in [0.2, 0.25) is 6.41 Å². The summed E-state index contributed by atoms with van der Waals surface area (Å²) in [5.74, 6) is 0. The molecule has 2 aliphatic heterocycles. The fraction of sp³-hybridized carbons (Fsp3) is 0. The molecule has 0 aliphatic carbocycles. The van der Waals surface area contributed by atoms with Crippen LogP contribution in [0.1, 0.15) is 0 Å². The number of hydrogen-bond acceptors (Lipinski definition) is 4. The van der Waals surface area contributed by atoms with Crippen LogP contribution in [-0.2, 0) is 4.79 Å². The molecular weight excluding hydrogens is 196 g/mol. The fourth-order valence-electron chi connectivity index (χ4n) is 0.959. The molecule has 0 fully saturated rings. The Morgan fingerprint density at radius 1 is 1.58 bits per heavy atom. The lowest BCUT2D eigenvalue weighted by molar-refractivity contribution is -0.105. The van der Waals surface area contributed by atoms with Crippen LogP contribution in [-0.4, -0.2) is 11.4 Å². The molecule has 0 spiro atoms. The predicted octanol–water partition coefficient (Wildman–Crippen LogP) is 1.17. The van der Waals surface area contributed by atoms with Gasteiger partial charge >= 0.3 is 0 Å². The van der Waals surface area contributed by atoms with Gasteiger partial charge in [0.15, 0.2) is 0 Å². The van der Waals surface area contributed by atoms with Crippen molar-refractivity contribution >= 4 is 32.8 Å². The summed E-state index contributed by atoms with van der Waals surface area (Å²) in [6, 6.07) is 0. The quantitative estimate of drug-likeness (QED) is 0.564. The topological polar surface area (TPSA) is 62.0 Å². The zero-order valence-electron chi connectivity index (χ0n) is 5.79. The largest absolute Gasteiger partial charge is 0.323 e. The van der Waals surface area contributed by atoms with Crippen LogP contribution in [0, 0.1) is 0 Å². The molecule has 2 N–H and O–H groups in total. The summed E-state index contributed by atoms with van der Waals surface area (Å²) in [4.78, 5) is 24.7. The minimum atomic E-state index is -0.240. The zero-order valence-corrected chi connectivity index (χ0v) is 7.42. The number of aromatic amines is 1. The molecule has 1 amide bonds. The van der Waals surface area contributed by atoms with Crippen LogP contribution in [0.4, 0.5) is 5.69 Å². The molecule has 0 atom stereocenters. The van der Waals surface area contributed by atoms with E-state index in [-0.39, 0.29) is 5.56 Å². The molecule has 6 heteroatoms. The third-order valence-corrected chi connectivity index (χ3v) is 3.54. The summed E-state index contributed by atoms with van der Waals surface area (Å²) in [5.41, 5.74) is 0.904. The van der Waals surface area contributed by atoms with Gasteiger partial charge in [-0.15, -0.1) is 0 Å². The smallest absolute Gasteiger partial charge is 0.273 e. The number of amides is 1. The van der Waals surface area contributed by atoms with Crippen LogP contribution in [0.2, 0.25) is 0 Å². The molecule has 0 aromatic rings. The van der Waals surface area contributed by atoms with E-state index >= 15 is 0 Å². The third kappa shape index (κ3) is 0.961. The van der Waals surface area contributed by atoms with Crippen LogP contribution in [0.5, 0.6) is 0 Å². The lowest BCUT2D eigenvalue weighted by Crippen LogP contribution is -2.06. The molecule has 2 aliphatic rings. The Morgan fingerprint density at radius 3 is 3.17 bits per heavy atom. The summed E-state index contributed by atoms with van der Waals surface area (Å²) in [7, 11) is 2.99. The fourth-order valence-corrected chi connectivity index (χ4v) is 3.13. The Labute approximate surface area is 74.6 Å². The number of anilines is 1. The number of nitrogens with one attached hydrogen (secondary N) is 2. The minimum Gasteiger partial charge on any atom is -0.323 e. The monoisotopic (exact) mass is 200 g/mol. The van der Waals surface area contributed by atoms with Crippen molar-refractivity contribution in [3.05, 3.63) is 15.7 Å². The number of hydrogen-bond donors (Lipinski definition) is 2. The van der Waals surface area contributed by atoms with Gasteiger partial charge < -0.3 is 10.3 Å². The SMILES string of the molecule is O=CNc1c2sscc-2[nH]c1=O. The van der Waals surface area contributed by atoms with E-state index < -0.39 is 0 Å². The first kappa shape index (κ1) is 7.51. The number of aromatic nitrogens is 1. The van der Waals surface area contributed by atoms with E-state index in [4.69, 9.17) is 0 Å². The Hall–Kier alpha value is -1.14. The van der Waals surface area contributed by atoms with Crippen LogP contribution >= 0.6 is 20.7 Å². The second-order valence-corrected chi connectivity index (χ2v) is 4.21. The molecular formula is C6H4N2O2S2. The van der Waals surface area contributed by atoms with Crippen molar-refractivity contribution in [2.75, 3.05) is 5.32 Å². The standard InChI is InChI=1S/C6H4N2O2S2/c9-2-7-4-5-3(1-11-12-5)8-6(4)10/h1-2H,(H,7,9)(H,8,10). The van der Waals surface area contributed by atoms with Gasteiger partial charge in [-0.05, 0) is 0 Å². The van der Waals surface area contributed by atoms with Crippen LogP contribution in [0.25, 0.3) is 10.6 Å². The average Bonchev–Trinajstić information content (AvgIpc) is 2.56. The second kappa shape index (κ2) is 2.72. The van der Waals surface area contributed by atoms with Crippen molar-refractivity contribution in [1.29, 1.82) is 0 Å². The molecule has 62 valence electrons. The molecule has 0 saturated carbocycles. The first-order chi connectivity index (χ1) is 5.83. The molecule has 0 bridgehead atoms. The number of fused-ring (bicyclic) bond motifs is 1. The Bertz CT molecular complexity index is 427. The van der Waals surface area contributed by atoms with Gasteiger partial charge in [-0.1, -0.05) is 20.7 Å². The molecule has 2 rings (SSSR count). The molecule has 0 unspecified atom stereocenters. The summed E-state index contributed by atoms with van der Waals surface area (Å²) >= 11 is 0. The maximum Gasteiger partial charge on any atom is 0.273 e. The highest BCUT2D eigenvalue weighted by Gasteiger charge is 2.15. The highest BCUT2D eigenvalue weighted by atomic mass is 32.9. The van der Waals surface area contributed by atoms with Crippen molar-refractivity contribution in [2.45, 2.75) is 0 Å². The maximum absolute atomic E-state index is 11.1. The van der Waals surface area contributed by atoms with Crippen LogP contribution in [0.3, 0.4) is 0 Å². The lowest BCUT2D eigenvalue weighted by atomic mass is 10.4. The van der Waals surface area contributed by atoms with E-state index in [0.717, 1.165) is 10.6 Å². The molecule has 0 aromatic heterocycles. The van der Waals surface area contributed by atoms with E-state index in [0.29, 0.717) is 12.1 Å². The number of carbonyl (C=O) groups is 1. The summed E-state index contributed by atoms with van der Waals surface area (Å²) < 4.78 is 0. The van der Waals surface area contributed by atoms with Gasteiger partial charge in [0.05, 0.1) is 10.6 Å². The predicted molar refractivity (Wildman–Crippen MR) is 49.1 cm³/mol. The zero-order chi connectivity index (χ0) is 8.55. The first-order valence-corrected chi connectivity index (χ1v) is 5.34. The van der Waals surface area contributed by atoms with Crippen LogP contribution < -0.4 is 10.9 Å². The molecule has 4 nitrogen and oxygen atoms in total. The molecule has 0 aromatic carbocycles. The van der Waals surface area contributed by atoms with E-state index in [9.17, 15) is 9.59 Å². The van der Waals surface area contributed by atoms with Gasteiger partial charge in [0.1, 0.15) is 5.69 Å². The van der Waals surface area contributed by atoms with Gasteiger partial charge in [-0.25, -0.2) is 0 Å². The Balaban J connectivity index is 2.65. The van der Waals surface area contributed by atoms with Gasteiger partial charge in [0.25, 0.3) is 5.56 Å². The molecule has 0 saturated heterocycles. The Kier molecular flexibility index (Phi) is 1.70. The van der Waals surface area contributed by atoms with Crippen molar-refractivity contribution in [3.63, 3.8) is 0 Å². The van der Waals surface area contributed by atoms with E-state index in [1.807, 2.05) is 5.38 Å². The van der Waals surface area contributed by atoms with Crippen molar-refractivity contribution in [1.82, 2.24) is 4.98 Å². The molecule has 0 radical (unpaired) electrons. The van der Waals surface area contributed by atoms with Crippen LogP contribution in [0.15, 0.2) is 10.2 Å². The van der Waals surface area contributed by atoms with Crippen molar-refractivity contribution < 1.29 is 4.79 Å². The number of rotatable bonds is 2. The highest BCUT2D eigenvalue weighted by Crippen LogP contribution is 2.34. The summed E-state index contributed by atoms with van der Waals surface area (Å²) in [6.45, 7) is 0. The van der Waals surface area contributed by atoms with E-state index in [1.165, 1.54) is 20.7 Å². The van der Waals surface area contributed by atoms with E-state index in [1.54, 1.807) is 0 Å². The third-order valence-electron chi connectivity index (χ3n) is 1.45. The summed E-state index contributed by atoms with van der Waals surface area (Å²) in [5, 5.41) is 4.22. The van der Waals surface area contributed by atoms with E-state index in [2.05, 4.69) is 10.3 Å². The molecule has 12 heavy (non-hydrogen) atoms. The summed E-state index contributed by atoms with van der Waals surface area (Å²) in [6.07, 6.45) is 0.508. The first-order valence-electron chi connectivity index (χ1n) is 3.12. The maximum atomic E-state index is 11.1.